The van der Waals surface area contributed by atoms with Crippen LogP contribution in [-0.4, -0.2) is 18.6 Å². The molecule has 1 aliphatic rings. The molecule has 4 rings (SSSR count). The topological polar surface area (TPSA) is 38.7 Å². The lowest BCUT2D eigenvalue weighted by atomic mass is 9.93. The Morgan fingerprint density at radius 1 is 0.923 bits per heavy atom. The van der Waals surface area contributed by atoms with Crippen LogP contribution in [0, 0.1) is 0 Å². The van der Waals surface area contributed by atoms with Crippen LogP contribution in [0.1, 0.15) is 27.4 Å². The highest BCUT2D eigenvalue weighted by atomic mass is 79.9. The van der Waals surface area contributed by atoms with E-state index < -0.39 is 5.92 Å². The van der Waals surface area contributed by atoms with Gasteiger partial charge in [0.25, 0.3) is 0 Å². The number of aliphatic imine (C=N–C) groups is 1. The highest BCUT2D eigenvalue weighted by Crippen LogP contribution is 2.37. The van der Waals surface area contributed by atoms with Crippen LogP contribution >= 0.6 is 15.9 Å². The third-order valence-electron chi connectivity index (χ3n) is 4.49. The van der Waals surface area contributed by atoms with Gasteiger partial charge in [-0.1, -0.05) is 58.4 Å². The Balaban J connectivity index is 1.90. The van der Waals surface area contributed by atoms with Gasteiger partial charge in [-0.25, -0.2) is 0 Å². The van der Waals surface area contributed by atoms with Crippen LogP contribution in [0.2, 0.25) is 0 Å². The number of ketones is 1. The summed E-state index contributed by atoms with van der Waals surface area (Å²) >= 11 is 3.50. The number of carbonyl (C=O) groups excluding carboxylic acids is 1. The molecular formula is C22H16BrNO2. The van der Waals surface area contributed by atoms with E-state index in [0.29, 0.717) is 0 Å². The smallest absolute Gasteiger partial charge is 0.176 e. The molecule has 3 aromatic rings. The van der Waals surface area contributed by atoms with E-state index >= 15 is 0 Å². The van der Waals surface area contributed by atoms with Crippen LogP contribution < -0.4 is 4.74 Å². The van der Waals surface area contributed by atoms with Crippen molar-refractivity contribution in [1.29, 1.82) is 0 Å². The average molecular weight is 406 g/mol. The summed E-state index contributed by atoms with van der Waals surface area (Å²) in [7, 11) is 1.63. The van der Waals surface area contributed by atoms with Gasteiger partial charge in [0, 0.05) is 21.7 Å². The zero-order chi connectivity index (χ0) is 18.1. The summed E-state index contributed by atoms with van der Waals surface area (Å²) in [5, 5.41) is 0. The molecule has 128 valence electrons. The molecule has 0 saturated heterocycles. The fourth-order valence-electron chi connectivity index (χ4n) is 3.30. The molecule has 0 radical (unpaired) electrons. The Kier molecular flexibility index (Phi) is 4.43. The molecular weight excluding hydrogens is 390 g/mol. The zero-order valence-electron chi connectivity index (χ0n) is 14.1. The van der Waals surface area contributed by atoms with Crippen LogP contribution in [0.4, 0.5) is 5.69 Å². The van der Waals surface area contributed by atoms with Gasteiger partial charge in [-0.2, -0.15) is 0 Å². The number of halogens is 1. The molecule has 0 aromatic heterocycles. The molecule has 1 aliphatic carbocycles. The fourth-order valence-corrected chi connectivity index (χ4v) is 3.71. The SMILES string of the molecule is COc1cccc(N=C2c3ccccc3C(=O)[C@H]2c2cccc(Br)c2)c1. The van der Waals surface area contributed by atoms with Crippen molar-refractivity contribution in [3.05, 3.63) is 94.0 Å². The lowest BCUT2D eigenvalue weighted by Crippen LogP contribution is -2.13. The number of hydrogen-bond donors (Lipinski definition) is 0. The first-order chi connectivity index (χ1) is 12.7. The molecule has 0 amide bonds. The van der Waals surface area contributed by atoms with Gasteiger partial charge in [0.1, 0.15) is 5.75 Å². The molecule has 26 heavy (non-hydrogen) atoms. The lowest BCUT2D eigenvalue weighted by molar-refractivity contribution is 0.0988. The Morgan fingerprint density at radius 2 is 1.69 bits per heavy atom. The van der Waals surface area contributed by atoms with Crippen molar-refractivity contribution in [2.24, 2.45) is 4.99 Å². The van der Waals surface area contributed by atoms with Crippen molar-refractivity contribution in [3.8, 4) is 5.75 Å². The summed E-state index contributed by atoms with van der Waals surface area (Å²) < 4.78 is 6.24. The van der Waals surface area contributed by atoms with Crippen molar-refractivity contribution < 1.29 is 9.53 Å². The largest absolute Gasteiger partial charge is 0.497 e. The van der Waals surface area contributed by atoms with Gasteiger partial charge in [-0.15, -0.1) is 0 Å². The highest BCUT2D eigenvalue weighted by Gasteiger charge is 2.37. The average Bonchev–Trinajstić information content (AvgIpc) is 2.94. The second-order valence-corrected chi connectivity index (χ2v) is 7.01. The number of Topliss-reactive ketones (excluding diaryl/α,β-unsaturated/α-hetero) is 1. The second-order valence-electron chi connectivity index (χ2n) is 6.10. The fraction of sp³-hybridized carbons (Fsp3) is 0.0909. The summed E-state index contributed by atoms with van der Waals surface area (Å²) in [5.74, 6) is 0.417. The molecule has 4 heteroatoms. The monoisotopic (exact) mass is 405 g/mol. The molecule has 0 spiro atoms. The molecule has 3 nitrogen and oxygen atoms in total. The Morgan fingerprint density at radius 3 is 2.46 bits per heavy atom. The number of nitrogens with zero attached hydrogens (tertiary/aromatic N) is 1. The minimum Gasteiger partial charge on any atom is -0.497 e. The number of ether oxygens (including phenoxy) is 1. The van der Waals surface area contributed by atoms with Crippen LogP contribution in [0.15, 0.2) is 82.3 Å². The standard InChI is InChI=1S/C22H16BrNO2/c1-26-17-9-5-8-16(13-17)24-21-18-10-2-3-11-19(18)22(25)20(21)14-6-4-7-15(23)12-14/h2-13,20H,1H3/t20-/m0/s1. The minimum absolute atomic E-state index is 0.0837. The summed E-state index contributed by atoms with van der Waals surface area (Å²) in [5.41, 5.74) is 4.09. The van der Waals surface area contributed by atoms with E-state index in [0.717, 1.165) is 38.3 Å². The molecule has 0 bridgehead atoms. The maximum Gasteiger partial charge on any atom is 0.176 e. The molecule has 0 heterocycles. The first kappa shape index (κ1) is 16.7. The zero-order valence-corrected chi connectivity index (χ0v) is 15.7. The minimum atomic E-state index is -0.406. The van der Waals surface area contributed by atoms with Gasteiger partial charge in [0.05, 0.1) is 24.4 Å². The van der Waals surface area contributed by atoms with E-state index in [4.69, 9.17) is 9.73 Å². The van der Waals surface area contributed by atoms with E-state index in [9.17, 15) is 4.79 Å². The van der Waals surface area contributed by atoms with Gasteiger partial charge in [-0.05, 0) is 29.8 Å². The first-order valence-electron chi connectivity index (χ1n) is 8.29. The summed E-state index contributed by atoms with van der Waals surface area (Å²) in [6.45, 7) is 0. The highest BCUT2D eigenvalue weighted by molar-refractivity contribution is 9.10. The van der Waals surface area contributed by atoms with Gasteiger partial charge in [0.2, 0.25) is 0 Å². The molecule has 1 atom stereocenters. The van der Waals surface area contributed by atoms with E-state index in [-0.39, 0.29) is 5.78 Å². The first-order valence-corrected chi connectivity index (χ1v) is 9.08. The van der Waals surface area contributed by atoms with E-state index in [1.807, 2.05) is 72.8 Å². The second kappa shape index (κ2) is 6.89. The predicted molar refractivity (Wildman–Crippen MR) is 107 cm³/mol. The van der Waals surface area contributed by atoms with Gasteiger partial charge >= 0.3 is 0 Å². The van der Waals surface area contributed by atoms with E-state index in [2.05, 4.69) is 15.9 Å². The predicted octanol–water partition coefficient (Wildman–Crippen LogP) is 5.56. The van der Waals surface area contributed by atoms with Gasteiger partial charge < -0.3 is 4.74 Å². The quantitative estimate of drug-likeness (QED) is 0.571. The molecule has 0 N–H and O–H groups in total. The number of rotatable bonds is 3. The molecule has 3 aromatic carbocycles. The number of hydrogen-bond acceptors (Lipinski definition) is 3. The van der Waals surface area contributed by atoms with Gasteiger partial charge in [-0.3, -0.25) is 9.79 Å². The number of methoxy groups -OCH3 is 1. The van der Waals surface area contributed by atoms with Gasteiger partial charge in [0.15, 0.2) is 5.78 Å². The van der Waals surface area contributed by atoms with E-state index in [1.165, 1.54) is 0 Å². The Bertz CT molecular complexity index is 1030. The molecule has 0 unspecified atom stereocenters. The van der Waals surface area contributed by atoms with Crippen LogP contribution in [-0.2, 0) is 0 Å². The summed E-state index contributed by atoms with van der Waals surface area (Å²) in [6.07, 6.45) is 0. The van der Waals surface area contributed by atoms with Crippen molar-refractivity contribution in [3.63, 3.8) is 0 Å². The van der Waals surface area contributed by atoms with Crippen molar-refractivity contribution >= 4 is 33.1 Å². The lowest BCUT2D eigenvalue weighted by Gasteiger charge is -2.12. The van der Waals surface area contributed by atoms with Crippen LogP contribution in [0.5, 0.6) is 5.75 Å². The number of carbonyl (C=O) groups is 1. The normalized spacial score (nSPS) is 17.4. The van der Waals surface area contributed by atoms with Crippen molar-refractivity contribution in [2.45, 2.75) is 5.92 Å². The number of fused-ring (bicyclic) bond motifs is 1. The molecule has 0 aliphatic heterocycles. The van der Waals surface area contributed by atoms with Crippen molar-refractivity contribution in [2.75, 3.05) is 7.11 Å². The molecule has 0 saturated carbocycles. The van der Waals surface area contributed by atoms with E-state index in [1.54, 1.807) is 7.11 Å². The van der Waals surface area contributed by atoms with Crippen LogP contribution in [0.3, 0.4) is 0 Å². The Labute approximate surface area is 160 Å². The summed E-state index contributed by atoms with van der Waals surface area (Å²) in [6, 6.07) is 23.1. The summed E-state index contributed by atoms with van der Waals surface area (Å²) in [4.78, 5) is 18.0. The van der Waals surface area contributed by atoms with Crippen LogP contribution in [0.25, 0.3) is 0 Å². The number of benzene rings is 3. The third kappa shape index (κ3) is 2.97. The third-order valence-corrected chi connectivity index (χ3v) is 4.98. The Hall–Kier alpha value is -2.72. The maximum absolute atomic E-state index is 13.1. The maximum atomic E-state index is 13.1. The molecule has 0 fully saturated rings. The van der Waals surface area contributed by atoms with Crippen molar-refractivity contribution in [1.82, 2.24) is 0 Å².